The van der Waals surface area contributed by atoms with Crippen LogP contribution in [0.3, 0.4) is 0 Å². The minimum Gasteiger partial charge on any atom is -0.489 e. The quantitative estimate of drug-likeness (QED) is 0.718. The molecular weight excluding hydrogens is 394 g/mol. The van der Waals surface area contributed by atoms with Gasteiger partial charge in [0.1, 0.15) is 6.61 Å². The van der Waals surface area contributed by atoms with Crippen LogP contribution in [0.25, 0.3) is 0 Å². The summed E-state index contributed by atoms with van der Waals surface area (Å²) in [4.78, 5) is 12.2. The Bertz CT molecular complexity index is 583. The highest BCUT2D eigenvalue weighted by molar-refractivity contribution is 6.40. The van der Waals surface area contributed by atoms with Gasteiger partial charge in [-0.15, -0.1) is 12.4 Å². The number of carbonyl (C=O) groups is 1. The van der Waals surface area contributed by atoms with Gasteiger partial charge in [-0.05, 0) is 49.9 Å². The van der Waals surface area contributed by atoms with Crippen molar-refractivity contribution >= 4 is 53.1 Å². The van der Waals surface area contributed by atoms with Gasteiger partial charge >= 0.3 is 0 Å². The van der Waals surface area contributed by atoms with E-state index in [2.05, 4.69) is 10.6 Å². The van der Waals surface area contributed by atoms with Crippen LogP contribution in [0, 0.1) is 11.3 Å². The predicted molar refractivity (Wildman–Crippen MR) is 99.9 cm³/mol. The summed E-state index contributed by atoms with van der Waals surface area (Å²) >= 11 is 17.9. The summed E-state index contributed by atoms with van der Waals surface area (Å²) in [5, 5.41) is 7.47. The molecule has 1 saturated carbocycles. The fourth-order valence-corrected chi connectivity index (χ4v) is 4.24. The van der Waals surface area contributed by atoms with Crippen molar-refractivity contribution in [2.24, 2.45) is 11.3 Å². The molecule has 24 heavy (non-hydrogen) atoms. The standard InChI is InChI=1S/C16H19Cl3N2O2.ClH/c17-10-7-12(18)14(13(19)8-10)23-6-5-21-15(22)11-9-16(11)1-3-20-4-2-16;/h7-8,11,20H,1-6,9H2,(H,21,22);1H. The van der Waals surface area contributed by atoms with Crippen molar-refractivity contribution in [3.63, 3.8) is 0 Å². The van der Waals surface area contributed by atoms with Crippen molar-refractivity contribution in [2.45, 2.75) is 19.3 Å². The summed E-state index contributed by atoms with van der Waals surface area (Å²) in [7, 11) is 0. The molecular formula is C16H20Cl4N2O2. The molecule has 1 aliphatic carbocycles. The SMILES string of the molecule is Cl.O=C(NCCOc1c(Cl)cc(Cl)cc1Cl)C1CC12CCNCC2. The number of carbonyl (C=O) groups excluding carboxylic acids is 1. The molecule has 1 saturated heterocycles. The van der Waals surface area contributed by atoms with Crippen molar-refractivity contribution in [3.8, 4) is 5.75 Å². The average Bonchev–Trinajstić information content (AvgIpc) is 3.19. The molecule has 1 atom stereocenters. The summed E-state index contributed by atoms with van der Waals surface area (Å²) in [5.74, 6) is 0.685. The number of hydrogen-bond acceptors (Lipinski definition) is 3. The van der Waals surface area contributed by atoms with Crippen LogP contribution in [0.5, 0.6) is 5.75 Å². The van der Waals surface area contributed by atoms with Gasteiger partial charge in [-0.3, -0.25) is 4.79 Å². The molecule has 134 valence electrons. The number of hydrogen-bond donors (Lipinski definition) is 2. The number of benzene rings is 1. The molecule has 1 unspecified atom stereocenters. The first kappa shape index (κ1) is 19.9. The molecule has 0 aromatic heterocycles. The Labute approximate surface area is 163 Å². The molecule has 8 heteroatoms. The van der Waals surface area contributed by atoms with Gasteiger partial charge in [0, 0.05) is 10.9 Å². The second-order valence-electron chi connectivity index (χ2n) is 6.21. The number of piperidine rings is 1. The molecule has 0 bridgehead atoms. The maximum atomic E-state index is 12.2. The van der Waals surface area contributed by atoms with Crippen molar-refractivity contribution in [1.29, 1.82) is 0 Å². The Morgan fingerprint density at radius 2 is 1.88 bits per heavy atom. The van der Waals surface area contributed by atoms with Gasteiger partial charge < -0.3 is 15.4 Å². The lowest BCUT2D eigenvalue weighted by Crippen LogP contribution is -2.35. The number of rotatable bonds is 5. The van der Waals surface area contributed by atoms with E-state index in [4.69, 9.17) is 39.5 Å². The second-order valence-corrected chi connectivity index (χ2v) is 7.46. The average molecular weight is 414 g/mol. The van der Waals surface area contributed by atoms with Gasteiger partial charge in [-0.2, -0.15) is 0 Å². The minimum atomic E-state index is 0. The molecule has 1 aliphatic heterocycles. The lowest BCUT2D eigenvalue weighted by Gasteiger charge is -2.23. The summed E-state index contributed by atoms with van der Waals surface area (Å²) < 4.78 is 5.56. The van der Waals surface area contributed by atoms with E-state index in [1.165, 1.54) is 0 Å². The topological polar surface area (TPSA) is 50.4 Å². The Balaban J connectivity index is 0.00000208. The van der Waals surface area contributed by atoms with Crippen molar-refractivity contribution < 1.29 is 9.53 Å². The molecule has 1 aromatic carbocycles. The van der Waals surface area contributed by atoms with Gasteiger partial charge in [0.05, 0.1) is 16.6 Å². The molecule has 4 nitrogen and oxygen atoms in total. The van der Waals surface area contributed by atoms with Crippen molar-refractivity contribution in [2.75, 3.05) is 26.2 Å². The van der Waals surface area contributed by atoms with E-state index < -0.39 is 0 Å². The molecule has 1 aromatic rings. The fourth-order valence-electron chi connectivity index (χ4n) is 3.31. The normalized spacial score (nSPS) is 21.0. The van der Waals surface area contributed by atoms with Crippen molar-refractivity contribution in [1.82, 2.24) is 10.6 Å². The van der Waals surface area contributed by atoms with Crippen LogP contribution in [0.15, 0.2) is 12.1 Å². The van der Waals surface area contributed by atoms with Crippen LogP contribution in [-0.2, 0) is 4.79 Å². The largest absolute Gasteiger partial charge is 0.489 e. The third kappa shape index (κ3) is 4.41. The van der Waals surface area contributed by atoms with E-state index in [1.807, 2.05) is 0 Å². The second kappa shape index (κ2) is 8.33. The van der Waals surface area contributed by atoms with Crippen LogP contribution in [0.2, 0.25) is 15.1 Å². The molecule has 1 spiro atoms. The maximum absolute atomic E-state index is 12.2. The van der Waals surface area contributed by atoms with Crippen LogP contribution in [0.1, 0.15) is 19.3 Å². The molecule has 3 rings (SSSR count). The van der Waals surface area contributed by atoms with Crippen LogP contribution in [0.4, 0.5) is 0 Å². The highest BCUT2D eigenvalue weighted by Crippen LogP contribution is 2.58. The van der Waals surface area contributed by atoms with Gasteiger partial charge in [-0.1, -0.05) is 34.8 Å². The first-order valence-electron chi connectivity index (χ1n) is 7.78. The van der Waals surface area contributed by atoms with E-state index in [0.29, 0.717) is 34.0 Å². The zero-order valence-electron chi connectivity index (χ0n) is 13.0. The van der Waals surface area contributed by atoms with Crippen LogP contribution < -0.4 is 15.4 Å². The monoisotopic (exact) mass is 412 g/mol. The highest BCUT2D eigenvalue weighted by Gasteiger charge is 2.57. The van der Waals surface area contributed by atoms with E-state index in [-0.39, 0.29) is 29.6 Å². The zero-order valence-corrected chi connectivity index (χ0v) is 16.1. The number of amides is 1. The number of halogens is 4. The molecule has 2 N–H and O–H groups in total. The fraction of sp³-hybridized carbons (Fsp3) is 0.562. The molecule has 2 aliphatic rings. The highest BCUT2D eigenvalue weighted by atomic mass is 35.5. The van der Waals surface area contributed by atoms with E-state index in [1.54, 1.807) is 12.1 Å². The van der Waals surface area contributed by atoms with E-state index in [9.17, 15) is 4.79 Å². The number of ether oxygens (including phenoxy) is 1. The molecule has 1 amide bonds. The summed E-state index contributed by atoms with van der Waals surface area (Å²) in [6.45, 7) is 2.77. The Hall–Kier alpha value is -0.390. The molecule has 2 fully saturated rings. The summed E-state index contributed by atoms with van der Waals surface area (Å²) in [6, 6.07) is 3.15. The molecule has 0 radical (unpaired) electrons. The lowest BCUT2D eigenvalue weighted by molar-refractivity contribution is -0.123. The summed E-state index contributed by atoms with van der Waals surface area (Å²) in [6.07, 6.45) is 3.20. The van der Waals surface area contributed by atoms with Gasteiger partial charge in [0.15, 0.2) is 5.75 Å². The summed E-state index contributed by atoms with van der Waals surface area (Å²) in [5.41, 5.74) is 0.249. The smallest absolute Gasteiger partial charge is 0.223 e. The maximum Gasteiger partial charge on any atom is 0.223 e. The van der Waals surface area contributed by atoms with E-state index in [0.717, 1.165) is 32.4 Å². The zero-order chi connectivity index (χ0) is 16.4. The minimum absolute atomic E-state index is 0. The third-order valence-electron chi connectivity index (χ3n) is 4.72. The van der Waals surface area contributed by atoms with E-state index >= 15 is 0 Å². The predicted octanol–water partition coefficient (Wildman–Crippen LogP) is 3.95. The van der Waals surface area contributed by atoms with Crippen LogP contribution in [-0.4, -0.2) is 32.1 Å². The van der Waals surface area contributed by atoms with Gasteiger partial charge in [-0.25, -0.2) is 0 Å². The Morgan fingerprint density at radius 3 is 2.50 bits per heavy atom. The van der Waals surface area contributed by atoms with Gasteiger partial charge in [0.25, 0.3) is 0 Å². The third-order valence-corrected chi connectivity index (χ3v) is 5.50. The number of nitrogens with one attached hydrogen (secondary N) is 2. The Kier molecular flexibility index (Phi) is 6.91. The van der Waals surface area contributed by atoms with Gasteiger partial charge in [0.2, 0.25) is 5.91 Å². The first-order chi connectivity index (χ1) is 11.0. The molecule has 1 heterocycles. The lowest BCUT2D eigenvalue weighted by atomic mass is 9.92. The van der Waals surface area contributed by atoms with Crippen molar-refractivity contribution in [3.05, 3.63) is 27.2 Å². The first-order valence-corrected chi connectivity index (χ1v) is 8.91. The Morgan fingerprint density at radius 1 is 1.25 bits per heavy atom. The van der Waals surface area contributed by atoms with Crippen LogP contribution >= 0.6 is 47.2 Å².